The van der Waals surface area contributed by atoms with Crippen molar-refractivity contribution in [2.45, 2.75) is 51.4 Å². The number of para-hydroxylation sites is 1. The Kier molecular flexibility index (Phi) is 6.21. The summed E-state index contributed by atoms with van der Waals surface area (Å²) in [4.78, 5) is 13.7. The number of aldehydes is 1. The maximum Gasteiger partial charge on any atom is 0.142 e. The molecule has 0 amide bonds. The zero-order chi connectivity index (χ0) is 16.0. The highest BCUT2D eigenvalue weighted by Gasteiger charge is 2.23. The van der Waals surface area contributed by atoms with Gasteiger partial charge in [-0.1, -0.05) is 37.8 Å². The Morgan fingerprint density at radius 3 is 2.77 bits per heavy atom. The molecule has 1 fully saturated rings. The highest BCUT2D eigenvalue weighted by molar-refractivity contribution is 6.76. The van der Waals surface area contributed by atoms with Crippen LogP contribution < -0.4 is 10.2 Å². The van der Waals surface area contributed by atoms with Crippen molar-refractivity contribution in [3.8, 4) is 0 Å². The lowest BCUT2D eigenvalue weighted by Gasteiger charge is -2.35. The van der Waals surface area contributed by atoms with Crippen molar-refractivity contribution in [3.05, 3.63) is 29.8 Å². The van der Waals surface area contributed by atoms with Gasteiger partial charge in [-0.05, 0) is 50.0 Å². The number of rotatable bonds is 7. The van der Waals surface area contributed by atoms with Gasteiger partial charge in [0, 0.05) is 12.2 Å². The molecular formula is C18H30N2OSi. The first kappa shape index (κ1) is 17.2. The van der Waals surface area contributed by atoms with Crippen LogP contribution in [0.5, 0.6) is 0 Å². The molecular weight excluding hydrogens is 288 g/mol. The lowest BCUT2D eigenvalue weighted by atomic mass is 10.00. The number of anilines is 1. The Morgan fingerprint density at radius 1 is 1.27 bits per heavy atom. The molecule has 0 aliphatic carbocycles. The van der Waals surface area contributed by atoms with Gasteiger partial charge in [0.2, 0.25) is 0 Å². The van der Waals surface area contributed by atoms with E-state index in [1.165, 1.54) is 24.1 Å². The monoisotopic (exact) mass is 318 g/mol. The van der Waals surface area contributed by atoms with Crippen LogP contribution in [0.1, 0.15) is 24.8 Å². The Labute approximate surface area is 136 Å². The Morgan fingerprint density at radius 2 is 2.05 bits per heavy atom. The van der Waals surface area contributed by atoms with Gasteiger partial charge < -0.3 is 15.0 Å². The fourth-order valence-corrected chi connectivity index (χ4v) is 4.01. The summed E-state index contributed by atoms with van der Waals surface area (Å²) in [5, 5.41) is 3.60. The molecule has 1 heterocycles. The second-order valence-corrected chi connectivity index (χ2v) is 13.0. The molecule has 1 atom stereocenters. The van der Waals surface area contributed by atoms with Crippen molar-refractivity contribution >= 4 is 20.0 Å². The van der Waals surface area contributed by atoms with Gasteiger partial charge in [0.05, 0.1) is 14.1 Å². The van der Waals surface area contributed by atoms with Gasteiger partial charge in [0.15, 0.2) is 0 Å². The van der Waals surface area contributed by atoms with E-state index in [0.29, 0.717) is 0 Å². The number of carbonyl (C=O) groups is 1. The van der Waals surface area contributed by atoms with E-state index >= 15 is 0 Å². The van der Waals surface area contributed by atoms with Gasteiger partial charge in [0.1, 0.15) is 6.29 Å². The first-order valence-electron chi connectivity index (χ1n) is 8.52. The zero-order valence-corrected chi connectivity index (χ0v) is 15.3. The molecule has 0 radical (unpaired) electrons. The standard InChI is InChI=1S/C18H30N2OSi/c1-22(2,3)15-19-12-11-16-8-4-5-10-18(16)20-13-7-6-9-17(20)14-21/h4-5,8,10,14,17,19H,6-7,9,11-13,15H2,1-3H3. The number of nitrogens with one attached hydrogen (secondary N) is 1. The van der Waals surface area contributed by atoms with Gasteiger partial charge in [-0.2, -0.15) is 0 Å². The predicted octanol–water partition coefficient (Wildman–Crippen LogP) is 3.25. The largest absolute Gasteiger partial charge is 0.362 e. The van der Waals surface area contributed by atoms with Crippen molar-refractivity contribution < 1.29 is 4.79 Å². The fraction of sp³-hybridized carbons (Fsp3) is 0.611. The third-order valence-electron chi connectivity index (χ3n) is 4.23. The molecule has 0 bridgehead atoms. The smallest absolute Gasteiger partial charge is 0.142 e. The molecule has 0 aromatic heterocycles. The zero-order valence-electron chi connectivity index (χ0n) is 14.3. The lowest BCUT2D eigenvalue weighted by Crippen LogP contribution is -2.41. The Bertz CT molecular complexity index is 484. The van der Waals surface area contributed by atoms with E-state index in [2.05, 4.69) is 54.1 Å². The first-order chi connectivity index (χ1) is 10.5. The molecule has 0 spiro atoms. The number of piperidine rings is 1. The maximum absolute atomic E-state index is 11.4. The van der Waals surface area contributed by atoms with Crippen molar-refractivity contribution in [2.75, 3.05) is 24.2 Å². The second kappa shape index (κ2) is 7.93. The molecule has 2 rings (SSSR count). The second-order valence-electron chi connectivity index (χ2n) is 7.51. The number of nitrogens with zero attached hydrogens (tertiary/aromatic N) is 1. The van der Waals surface area contributed by atoms with E-state index in [4.69, 9.17) is 0 Å². The Hall–Kier alpha value is -1.13. The van der Waals surface area contributed by atoms with Crippen LogP contribution in [0, 0.1) is 0 Å². The van der Waals surface area contributed by atoms with Gasteiger partial charge >= 0.3 is 0 Å². The van der Waals surface area contributed by atoms with E-state index in [0.717, 1.165) is 38.4 Å². The van der Waals surface area contributed by atoms with Crippen LogP contribution in [0.25, 0.3) is 0 Å². The van der Waals surface area contributed by atoms with Crippen LogP contribution in [-0.2, 0) is 11.2 Å². The average Bonchev–Trinajstić information content (AvgIpc) is 2.51. The number of carbonyl (C=O) groups excluding carboxylic acids is 1. The topological polar surface area (TPSA) is 32.3 Å². The molecule has 4 heteroatoms. The third kappa shape index (κ3) is 4.95. The molecule has 1 unspecified atom stereocenters. The van der Waals surface area contributed by atoms with Crippen LogP contribution >= 0.6 is 0 Å². The maximum atomic E-state index is 11.4. The normalized spacial score (nSPS) is 19.2. The number of hydrogen-bond donors (Lipinski definition) is 1. The van der Waals surface area contributed by atoms with Crippen LogP contribution in [0.2, 0.25) is 19.6 Å². The molecule has 1 aliphatic heterocycles. The summed E-state index contributed by atoms with van der Waals surface area (Å²) in [6.45, 7) is 9.17. The quantitative estimate of drug-likeness (QED) is 0.476. The van der Waals surface area contributed by atoms with Crippen LogP contribution in [0.4, 0.5) is 5.69 Å². The molecule has 0 saturated carbocycles. The van der Waals surface area contributed by atoms with Crippen LogP contribution in [0.15, 0.2) is 24.3 Å². The van der Waals surface area contributed by atoms with Gasteiger partial charge in [-0.3, -0.25) is 0 Å². The van der Waals surface area contributed by atoms with Crippen molar-refractivity contribution in [1.29, 1.82) is 0 Å². The molecule has 1 saturated heterocycles. The summed E-state index contributed by atoms with van der Waals surface area (Å²) in [6.07, 6.45) is 6.66. The van der Waals surface area contributed by atoms with E-state index in [9.17, 15) is 4.79 Å². The summed E-state index contributed by atoms with van der Waals surface area (Å²) in [5.41, 5.74) is 2.62. The summed E-state index contributed by atoms with van der Waals surface area (Å²) in [6, 6.07) is 8.64. The van der Waals surface area contributed by atoms with E-state index in [1.807, 2.05) is 0 Å². The van der Waals surface area contributed by atoms with Gasteiger partial charge in [-0.25, -0.2) is 0 Å². The minimum atomic E-state index is -1.03. The minimum absolute atomic E-state index is 0.0600. The SMILES string of the molecule is C[Si](C)(C)CNCCc1ccccc1N1CCCCC1C=O. The van der Waals surface area contributed by atoms with Crippen molar-refractivity contribution in [3.63, 3.8) is 0 Å². The predicted molar refractivity (Wildman–Crippen MR) is 97.4 cm³/mol. The summed E-state index contributed by atoms with van der Waals surface area (Å²) < 4.78 is 0. The molecule has 1 aromatic rings. The fourth-order valence-electron chi connectivity index (χ4n) is 3.09. The molecule has 1 N–H and O–H groups in total. The molecule has 3 nitrogen and oxygen atoms in total. The first-order valence-corrected chi connectivity index (χ1v) is 12.2. The molecule has 122 valence electrons. The minimum Gasteiger partial charge on any atom is -0.362 e. The summed E-state index contributed by atoms with van der Waals surface area (Å²) in [5.74, 6) is 0. The molecule has 1 aliphatic rings. The van der Waals surface area contributed by atoms with Crippen molar-refractivity contribution in [2.24, 2.45) is 0 Å². The molecule has 1 aromatic carbocycles. The van der Waals surface area contributed by atoms with Crippen LogP contribution in [-0.4, -0.2) is 39.7 Å². The van der Waals surface area contributed by atoms with Crippen molar-refractivity contribution in [1.82, 2.24) is 5.32 Å². The lowest BCUT2D eigenvalue weighted by molar-refractivity contribution is -0.109. The molecule has 22 heavy (non-hydrogen) atoms. The number of hydrogen-bond acceptors (Lipinski definition) is 3. The van der Waals surface area contributed by atoms with E-state index < -0.39 is 8.07 Å². The van der Waals surface area contributed by atoms with Gasteiger partial charge in [-0.15, -0.1) is 0 Å². The van der Waals surface area contributed by atoms with Gasteiger partial charge in [0.25, 0.3) is 0 Å². The third-order valence-corrected chi connectivity index (χ3v) is 5.54. The average molecular weight is 319 g/mol. The highest BCUT2D eigenvalue weighted by Crippen LogP contribution is 2.27. The number of benzene rings is 1. The van der Waals surface area contributed by atoms with Crippen LogP contribution in [0.3, 0.4) is 0 Å². The van der Waals surface area contributed by atoms with E-state index in [1.54, 1.807) is 0 Å². The summed E-state index contributed by atoms with van der Waals surface area (Å²) >= 11 is 0. The highest BCUT2D eigenvalue weighted by atomic mass is 28.3. The Balaban J connectivity index is 2.01. The van der Waals surface area contributed by atoms with E-state index in [-0.39, 0.29) is 6.04 Å². The summed E-state index contributed by atoms with van der Waals surface area (Å²) in [7, 11) is -1.03.